The summed E-state index contributed by atoms with van der Waals surface area (Å²) in [4.78, 5) is 12.8. The molecule has 0 spiro atoms. The predicted molar refractivity (Wildman–Crippen MR) is 71.2 cm³/mol. The second-order valence-electron chi connectivity index (χ2n) is 4.30. The SMILES string of the molecule is COc1ccc2nc(N)n(CCc3nc(C)no3)c2n1. The molecule has 8 heteroatoms. The van der Waals surface area contributed by atoms with E-state index in [1.807, 2.05) is 6.07 Å². The zero-order valence-corrected chi connectivity index (χ0v) is 11.2. The molecule has 0 aliphatic carbocycles. The fraction of sp³-hybridized carbons (Fsp3) is 0.333. The number of rotatable bonds is 4. The second-order valence-corrected chi connectivity index (χ2v) is 4.30. The number of imidazole rings is 1. The Labute approximate surface area is 114 Å². The van der Waals surface area contributed by atoms with Crippen molar-refractivity contribution in [3.8, 4) is 5.88 Å². The first-order chi connectivity index (χ1) is 9.67. The van der Waals surface area contributed by atoms with Crippen molar-refractivity contribution >= 4 is 17.1 Å². The van der Waals surface area contributed by atoms with Gasteiger partial charge in [0.2, 0.25) is 17.7 Å². The van der Waals surface area contributed by atoms with Crippen LogP contribution in [0.4, 0.5) is 5.95 Å². The molecule has 104 valence electrons. The first-order valence-electron chi connectivity index (χ1n) is 6.13. The van der Waals surface area contributed by atoms with Crippen molar-refractivity contribution < 1.29 is 9.26 Å². The molecule has 8 nitrogen and oxygen atoms in total. The van der Waals surface area contributed by atoms with Gasteiger partial charge >= 0.3 is 0 Å². The fourth-order valence-electron chi connectivity index (χ4n) is 1.99. The van der Waals surface area contributed by atoms with Crippen LogP contribution in [-0.2, 0) is 13.0 Å². The summed E-state index contributed by atoms with van der Waals surface area (Å²) in [7, 11) is 1.57. The Morgan fingerprint density at radius 2 is 2.15 bits per heavy atom. The van der Waals surface area contributed by atoms with Crippen molar-refractivity contribution in [2.75, 3.05) is 12.8 Å². The zero-order valence-electron chi connectivity index (χ0n) is 11.2. The van der Waals surface area contributed by atoms with E-state index in [0.717, 1.165) is 5.52 Å². The highest BCUT2D eigenvalue weighted by atomic mass is 16.5. The number of methoxy groups -OCH3 is 1. The average molecular weight is 274 g/mol. The van der Waals surface area contributed by atoms with Gasteiger partial charge in [-0.05, 0) is 13.0 Å². The number of hydrogen-bond acceptors (Lipinski definition) is 7. The highest BCUT2D eigenvalue weighted by Crippen LogP contribution is 2.19. The topological polar surface area (TPSA) is 105 Å². The number of pyridine rings is 1. The maximum Gasteiger partial charge on any atom is 0.228 e. The zero-order chi connectivity index (χ0) is 14.1. The highest BCUT2D eigenvalue weighted by molar-refractivity contribution is 5.74. The van der Waals surface area contributed by atoms with E-state index >= 15 is 0 Å². The third-order valence-corrected chi connectivity index (χ3v) is 2.92. The summed E-state index contributed by atoms with van der Waals surface area (Å²) in [5.74, 6) is 2.10. The van der Waals surface area contributed by atoms with E-state index in [1.54, 1.807) is 24.7 Å². The number of nitrogen functional groups attached to an aromatic ring is 1. The van der Waals surface area contributed by atoms with Crippen LogP contribution >= 0.6 is 0 Å². The van der Waals surface area contributed by atoms with Gasteiger partial charge < -0.3 is 15.0 Å². The van der Waals surface area contributed by atoms with Gasteiger partial charge in [0.1, 0.15) is 5.52 Å². The van der Waals surface area contributed by atoms with Gasteiger partial charge in [0, 0.05) is 19.0 Å². The van der Waals surface area contributed by atoms with Gasteiger partial charge in [0.25, 0.3) is 0 Å². The molecular formula is C12H14N6O2. The van der Waals surface area contributed by atoms with E-state index in [1.165, 1.54) is 0 Å². The van der Waals surface area contributed by atoms with Gasteiger partial charge in [-0.25, -0.2) is 4.98 Å². The predicted octanol–water partition coefficient (Wildman–Crippen LogP) is 0.956. The number of aryl methyl sites for hydroxylation is 3. The molecule has 3 aromatic heterocycles. The second kappa shape index (κ2) is 4.80. The van der Waals surface area contributed by atoms with Gasteiger partial charge in [0.15, 0.2) is 11.5 Å². The van der Waals surface area contributed by atoms with Crippen molar-refractivity contribution in [3.05, 3.63) is 23.8 Å². The van der Waals surface area contributed by atoms with Crippen molar-refractivity contribution in [2.24, 2.45) is 0 Å². The van der Waals surface area contributed by atoms with E-state index in [9.17, 15) is 0 Å². The number of aromatic nitrogens is 5. The molecule has 3 heterocycles. The molecule has 0 atom stereocenters. The van der Waals surface area contributed by atoms with Gasteiger partial charge in [-0.2, -0.15) is 9.97 Å². The number of anilines is 1. The first-order valence-corrected chi connectivity index (χ1v) is 6.13. The smallest absolute Gasteiger partial charge is 0.228 e. The molecule has 3 rings (SSSR count). The van der Waals surface area contributed by atoms with Gasteiger partial charge in [-0.3, -0.25) is 4.57 Å². The number of fused-ring (bicyclic) bond motifs is 1. The summed E-state index contributed by atoms with van der Waals surface area (Å²) in [5.41, 5.74) is 7.32. The molecule has 0 unspecified atom stereocenters. The van der Waals surface area contributed by atoms with Crippen LogP contribution in [0.25, 0.3) is 11.2 Å². The fourth-order valence-corrected chi connectivity index (χ4v) is 1.99. The maximum absolute atomic E-state index is 5.92. The Kier molecular flexibility index (Phi) is 2.97. The number of ether oxygens (including phenoxy) is 1. The molecule has 0 saturated heterocycles. The summed E-state index contributed by atoms with van der Waals surface area (Å²) in [6.45, 7) is 2.34. The Morgan fingerprint density at radius 3 is 2.85 bits per heavy atom. The molecule has 2 N–H and O–H groups in total. The average Bonchev–Trinajstić information content (AvgIpc) is 2.98. The van der Waals surface area contributed by atoms with E-state index in [-0.39, 0.29) is 0 Å². The van der Waals surface area contributed by atoms with Crippen LogP contribution in [0.1, 0.15) is 11.7 Å². The first kappa shape index (κ1) is 12.4. The lowest BCUT2D eigenvalue weighted by Crippen LogP contribution is -2.07. The number of nitrogens with zero attached hydrogens (tertiary/aromatic N) is 5. The van der Waals surface area contributed by atoms with Gasteiger partial charge in [0.05, 0.1) is 7.11 Å². The van der Waals surface area contributed by atoms with Crippen LogP contribution in [-0.4, -0.2) is 31.8 Å². The lowest BCUT2D eigenvalue weighted by Gasteiger charge is -2.04. The molecular weight excluding hydrogens is 260 g/mol. The number of nitrogens with two attached hydrogens (primary N) is 1. The molecule has 0 aliphatic heterocycles. The lowest BCUT2D eigenvalue weighted by atomic mass is 10.4. The Hall–Kier alpha value is -2.64. The third-order valence-electron chi connectivity index (χ3n) is 2.92. The molecule has 3 aromatic rings. The molecule has 0 aromatic carbocycles. The summed E-state index contributed by atoms with van der Waals surface area (Å²) in [6.07, 6.45) is 0.565. The van der Waals surface area contributed by atoms with Crippen molar-refractivity contribution in [3.63, 3.8) is 0 Å². The summed E-state index contributed by atoms with van der Waals surface area (Å²) in [5, 5.41) is 3.75. The van der Waals surface area contributed by atoms with Crippen LogP contribution in [0.15, 0.2) is 16.7 Å². The van der Waals surface area contributed by atoms with Gasteiger partial charge in [-0.15, -0.1) is 0 Å². The maximum atomic E-state index is 5.92. The monoisotopic (exact) mass is 274 g/mol. The van der Waals surface area contributed by atoms with Crippen molar-refractivity contribution in [1.29, 1.82) is 0 Å². The van der Waals surface area contributed by atoms with E-state index < -0.39 is 0 Å². The van der Waals surface area contributed by atoms with Crippen molar-refractivity contribution in [2.45, 2.75) is 19.9 Å². The molecule has 0 saturated carbocycles. The summed E-state index contributed by atoms with van der Waals surface area (Å²) < 4.78 is 12.0. The van der Waals surface area contributed by atoms with Crippen LogP contribution < -0.4 is 10.5 Å². The third kappa shape index (κ3) is 2.15. The van der Waals surface area contributed by atoms with E-state index in [2.05, 4.69) is 20.1 Å². The summed E-state index contributed by atoms with van der Waals surface area (Å²) in [6, 6.07) is 3.57. The highest BCUT2D eigenvalue weighted by Gasteiger charge is 2.12. The quantitative estimate of drug-likeness (QED) is 0.755. The minimum Gasteiger partial charge on any atom is -0.481 e. The molecule has 0 radical (unpaired) electrons. The Balaban J connectivity index is 1.91. The molecule has 0 amide bonds. The largest absolute Gasteiger partial charge is 0.481 e. The minimum absolute atomic E-state index is 0.400. The van der Waals surface area contributed by atoms with E-state index in [0.29, 0.717) is 42.2 Å². The normalized spacial score (nSPS) is 11.1. The summed E-state index contributed by atoms with van der Waals surface area (Å²) >= 11 is 0. The van der Waals surface area contributed by atoms with Crippen LogP contribution in [0, 0.1) is 6.92 Å². The molecule has 0 fully saturated rings. The molecule has 20 heavy (non-hydrogen) atoms. The lowest BCUT2D eigenvalue weighted by molar-refractivity contribution is 0.369. The standard InChI is InChI=1S/C12H14N6O2/c1-7-14-10(20-17-7)5-6-18-11-8(15-12(18)13)3-4-9(16-11)19-2/h3-4H,5-6H2,1-2H3,(H2,13,15). The van der Waals surface area contributed by atoms with Crippen LogP contribution in [0.2, 0.25) is 0 Å². The Morgan fingerprint density at radius 1 is 1.30 bits per heavy atom. The number of hydrogen-bond donors (Lipinski definition) is 1. The van der Waals surface area contributed by atoms with Gasteiger partial charge in [-0.1, -0.05) is 5.16 Å². The molecule has 0 bridgehead atoms. The van der Waals surface area contributed by atoms with Crippen molar-refractivity contribution in [1.82, 2.24) is 24.7 Å². The minimum atomic E-state index is 0.400. The van der Waals surface area contributed by atoms with E-state index in [4.69, 9.17) is 15.0 Å². The Bertz CT molecular complexity index is 748. The van der Waals surface area contributed by atoms with Crippen LogP contribution in [0.5, 0.6) is 5.88 Å². The molecule has 0 aliphatic rings. The van der Waals surface area contributed by atoms with Crippen LogP contribution in [0.3, 0.4) is 0 Å².